The van der Waals surface area contributed by atoms with Gasteiger partial charge in [-0.05, 0) is 50.2 Å². The van der Waals surface area contributed by atoms with Gasteiger partial charge in [-0.3, -0.25) is 14.2 Å². The van der Waals surface area contributed by atoms with Crippen LogP contribution in [-0.2, 0) is 18.0 Å². The molecule has 0 aliphatic rings. The number of halogens is 3. The lowest BCUT2D eigenvalue weighted by molar-refractivity contribution is -0.137. The molecule has 1 atom stereocenters. The van der Waals surface area contributed by atoms with Crippen molar-refractivity contribution in [2.45, 2.75) is 30.4 Å². The first-order valence-corrected chi connectivity index (χ1v) is 9.56. The maximum absolute atomic E-state index is 12.6. The number of hydrogen-bond acceptors (Lipinski definition) is 4. The van der Waals surface area contributed by atoms with Crippen LogP contribution in [0.3, 0.4) is 0 Å². The van der Waals surface area contributed by atoms with Crippen LogP contribution in [0.2, 0.25) is 0 Å². The van der Waals surface area contributed by atoms with Gasteiger partial charge in [0.15, 0.2) is 5.16 Å². The number of benzene rings is 2. The first-order chi connectivity index (χ1) is 13.6. The smallest absolute Gasteiger partial charge is 0.325 e. The van der Waals surface area contributed by atoms with E-state index < -0.39 is 22.9 Å². The normalized spacial score (nSPS) is 12.8. The molecule has 29 heavy (non-hydrogen) atoms. The van der Waals surface area contributed by atoms with Gasteiger partial charge in [-0.15, -0.1) is 0 Å². The van der Waals surface area contributed by atoms with Crippen LogP contribution in [0, 0.1) is 6.92 Å². The van der Waals surface area contributed by atoms with Crippen LogP contribution in [0.1, 0.15) is 18.1 Å². The van der Waals surface area contributed by atoms with Crippen molar-refractivity contribution in [2.75, 3.05) is 5.32 Å². The third-order valence-corrected chi connectivity index (χ3v) is 5.46. The number of carbonyl (C=O) groups is 1. The van der Waals surface area contributed by atoms with Gasteiger partial charge in [0, 0.05) is 12.7 Å². The predicted octanol–water partition coefficient (Wildman–Crippen LogP) is 4.38. The van der Waals surface area contributed by atoms with Crippen molar-refractivity contribution >= 4 is 34.3 Å². The molecule has 0 bridgehead atoms. The fourth-order valence-corrected chi connectivity index (χ4v) is 3.54. The Kier molecular flexibility index (Phi) is 5.70. The predicted molar refractivity (Wildman–Crippen MR) is 107 cm³/mol. The Labute approximate surface area is 169 Å². The number of fused-ring (bicyclic) bond motifs is 1. The molecule has 3 aromatic rings. The fraction of sp³-hybridized carbons (Fsp3) is 0.250. The Balaban J connectivity index is 1.77. The van der Waals surface area contributed by atoms with Crippen LogP contribution in [0.5, 0.6) is 0 Å². The van der Waals surface area contributed by atoms with Gasteiger partial charge >= 0.3 is 6.18 Å². The van der Waals surface area contributed by atoms with Crippen molar-refractivity contribution in [1.29, 1.82) is 0 Å². The van der Waals surface area contributed by atoms with Gasteiger partial charge < -0.3 is 5.32 Å². The molecule has 9 heteroatoms. The van der Waals surface area contributed by atoms with Crippen molar-refractivity contribution < 1.29 is 18.0 Å². The first kappa shape index (κ1) is 20.9. The van der Waals surface area contributed by atoms with Crippen LogP contribution in [0.4, 0.5) is 18.9 Å². The lowest BCUT2D eigenvalue weighted by atomic mass is 10.2. The molecule has 0 saturated carbocycles. The molecule has 2 aromatic carbocycles. The monoisotopic (exact) mass is 421 g/mol. The second kappa shape index (κ2) is 7.90. The van der Waals surface area contributed by atoms with Crippen molar-refractivity contribution in [3.05, 3.63) is 63.9 Å². The summed E-state index contributed by atoms with van der Waals surface area (Å²) in [7, 11) is 1.58. The average Bonchev–Trinajstić information content (AvgIpc) is 2.66. The lowest BCUT2D eigenvalue weighted by Gasteiger charge is -2.14. The zero-order valence-corrected chi connectivity index (χ0v) is 16.7. The average molecular weight is 421 g/mol. The SMILES string of the molecule is Cc1ccc2nc(SC(C)C(=O)Nc3ccc(C(F)(F)F)cc3)n(C)c(=O)c2c1. The highest BCUT2D eigenvalue weighted by atomic mass is 32.2. The van der Waals surface area contributed by atoms with Crippen molar-refractivity contribution in [2.24, 2.45) is 7.05 Å². The molecule has 1 amide bonds. The topological polar surface area (TPSA) is 64.0 Å². The maximum Gasteiger partial charge on any atom is 0.416 e. The zero-order valence-electron chi connectivity index (χ0n) is 15.9. The second-order valence-electron chi connectivity index (χ2n) is 6.60. The molecule has 5 nitrogen and oxygen atoms in total. The minimum atomic E-state index is -4.43. The molecular weight excluding hydrogens is 403 g/mol. The molecule has 0 fully saturated rings. The minimum Gasteiger partial charge on any atom is -0.325 e. The molecule has 0 spiro atoms. The third kappa shape index (κ3) is 4.61. The molecule has 1 aromatic heterocycles. The number of aryl methyl sites for hydroxylation is 1. The summed E-state index contributed by atoms with van der Waals surface area (Å²) < 4.78 is 39.3. The number of nitrogens with zero attached hydrogens (tertiary/aromatic N) is 2. The van der Waals surface area contributed by atoms with Gasteiger partial charge in [-0.25, -0.2) is 4.98 Å². The summed E-state index contributed by atoms with van der Waals surface area (Å²) >= 11 is 1.10. The van der Waals surface area contributed by atoms with E-state index in [1.807, 2.05) is 13.0 Å². The molecule has 3 rings (SSSR count). The number of alkyl halides is 3. The highest BCUT2D eigenvalue weighted by molar-refractivity contribution is 8.00. The van der Waals surface area contributed by atoms with Gasteiger partial charge in [0.25, 0.3) is 5.56 Å². The zero-order chi connectivity index (χ0) is 21.3. The summed E-state index contributed by atoms with van der Waals surface area (Å²) in [5.41, 5.74) is 0.740. The highest BCUT2D eigenvalue weighted by Crippen LogP contribution is 2.30. The van der Waals surface area contributed by atoms with E-state index in [0.29, 0.717) is 16.1 Å². The van der Waals surface area contributed by atoms with Gasteiger partial charge in [0.2, 0.25) is 5.91 Å². The van der Waals surface area contributed by atoms with Crippen molar-refractivity contribution in [3.8, 4) is 0 Å². The Bertz CT molecular complexity index is 1120. The number of amides is 1. The van der Waals surface area contributed by atoms with E-state index in [0.717, 1.165) is 29.5 Å². The van der Waals surface area contributed by atoms with Crippen LogP contribution in [0.15, 0.2) is 52.4 Å². The quantitative estimate of drug-likeness (QED) is 0.502. The van der Waals surface area contributed by atoms with Gasteiger partial charge in [-0.1, -0.05) is 23.4 Å². The van der Waals surface area contributed by atoms with Crippen LogP contribution in [-0.4, -0.2) is 20.7 Å². The summed E-state index contributed by atoms with van der Waals surface area (Å²) in [5.74, 6) is -0.409. The molecule has 1 unspecified atom stereocenters. The van der Waals surface area contributed by atoms with E-state index in [9.17, 15) is 22.8 Å². The van der Waals surface area contributed by atoms with E-state index in [1.54, 1.807) is 26.1 Å². The summed E-state index contributed by atoms with van der Waals surface area (Å²) in [4.78, 5) is 29.5. The molecule has 0 radical (unpaired) electrons. The van der Waals surface area contributed by atoms with Gasteiger partial charge in [0.1, 0.15) is 0 Å². The Morgan fingerprint density at radius 3 is 2.45 bits per heavy atom. The van der Waals surface area contributed by atoms with Gasteiger partial charge in [0.05, 0.1) is 21.7 Å². The van der Waals surface area contributed by atoms with E-state index in [1.165, 1.54) is 16.7 Å². The number of carbonyl (C=O) groups excluding carboxylic acids is 1. The highest BCUT2D eigenvalue weighted by Gasteiger charge is 2.30. The molecule has 0 aliphatic heterocycles. The maximum atomic E-state index is 12.6. The summed E-state index contributed by atoms with van der Waals surface area (Å²) in [6.07, 6.45) is -4.43. The first-order valence-electron chi connectivity index (χ1n) is 8.68. The van der Waals surface area contributed by atoms with Crippen molar-refractivity contribution in [3.63, 3.8) is 0 Å². The number of rotatable bonds is 4. The molecule has 1 heterocycles. The molecule has 0 aliphatic carbocycles. The Morgan fingerprint density at radius 1 is 1.17 bits per heavy atom. The van der Waals surface area contributed by atoms with Gasteiger partial charge in [-0.2, -0.15) is 13.2 Å². The standard InChI is InChI=1S/C20H18F3N3O2S/c1-11-4-9-16-15(10-11)18(28)26(3)19(25-16)29-12(2)17(27)24-14-7-5-13(6-8-14)20(21,22)23/h4-10,12H,1-3H3,(H,24,27). The minimum absolute atomic E-state index is 0.212. The van der Waals surface area contributed by atoms with Crippen LogP contribution >= 0.6 is 11.8 Å². The number of hydrogen-bond donors (Lipinski definition) is 1. The third-order valence-electron chi connectivity index (χ3n) is 4.32. The van der Waals surface area contributed by atoms with Crippen molar-refractivity contribution in [1.82, 2.24) is 9.55 Å². The number of aromatic nitrogens is 2. The summed E-state index contributed by atoms with van der Waals surface area (Å²) in [6.45, 7) is 3.52. The van der Waals surface area contributed by atoms with Crippen LogP contribution in [0.25, 0.3) is 10.9 Å². The number of thioether (sulfide) groups is 1. The number of anilines is 1. The van der Waals surface area contributed by atoms with E-state index in [4.69, 9.17) is 0 Å². The molecule has 1 N–H and O–H groups in total. The fourth-order valence-electron chi connectivity index (χ4n) is 2.67. The molecule has 152 valence electrons. The number of nitrogens with one attached hydrogen (secondary N) is 1. The Hall–Kier alpha value is -2.81. The molecule has 0 saturated heterocycles. The van der Waals surface area contributed by atoms with E-state index in [-0.39, 0.29) is 11.2 Å². The summed E-state index contributed by atoms with van der Waals surface area (Å²) in [6, 6.07) is 9.58. The second-order valence-corrected chi connectivity index (χ2v) is 7.91. The largest absolute Gasteiger partial charge is 0.416 e. The Morgan fingerprint density at radius 2 is 1.83 bits per heavy atom. The lowest BCUT2D eigenvalue weighted by Crippen LogP contribution is -2.25. The summed E-state index contributed by atoms with van der Waals surface area (Å²) in [5, 5.41) is 2.83. The molecular formula is C20H18F3N3O2S. The van der Waals surface area contributed by atoms with Crippen LogP contribution < -0.4 is 10.9 Å². The van der Waals surface area contributed by atoms with E-state index in [2.05, 4.69) is 10.3 Å². The van der Waals surface area contributed by atoms with E-state index >= 15 is 0 Å².